The summed E-state index contributed by atoms with van der Waals surface area (Å²) in [6, 6.07) is 6.60. The van der Waals surface area contributed by atoms with Gasteiger partial charge in [-0.1, -0.05) is 24.8 Å². The Balaban J connectivity index is 2.55. The number of aryl methyl sites for hydroxylation is 2. The van der Waals surface area contributed by atoms with Gasteiger partial charge in [0, 0.05) is 0 Å². The molecule has 0 heteroatoms. The largest absolute Gasteiger partial charge is 0.0952 e. The van der Waals surface area contributed by atoms with Gasteiger partial charge < -0.3 is 0 Å². The molecule has 0 spiro atoms. The average Bonchev–Trinajstić information content (AvgIpc) is 2.29. The van der Waals surface area contributed by atoms with Crippen LogP contribution in [0.2, 0.25) is 0 Å². The van der Waals surface area contributed by atoms with Gasteiger partial charge in [0.2, 0.25) is 0 Å². The van der Waals surface area contributed by atoms with Crippen LogP contribution in [0, 0.1) is 6.92 Å². The van der Waals surface area contributed by atoms with Crippen molar-refractivity contribution in [2.75, 3.05) is 0 Å². The first kappa shape index (κ1) is 8.55. The molecule has 0 nitrogen and oxygen atoms in total. The minimum Gasteiger partial charge on any atom is -0.0952 e. The highest BCUT2D eigenvalue weighted by Crippen LogP contribution is 2.30. The van der Waals surface area contributed by atoms with Crippen LogP contribution in [0.15, 0.2) is 24.8 Å². The van der Waals surface area contributed by atoms with E-state index < -0.39 is 0 Å². The highest BCUT2D eigenvalue weighted by molar-refractivity contribution is 5.69. The van der Waals surface area contributed by atoms with Crippen LogP contribution >= 0.6 is 0 Å². The average molecular weight is 172 g/mol. The third-order valence-corrected chi connectivity index (χ3v) is 2.89. The minimum atomic E-state index is 1.18. The molecule has 0 saturated heterocycles. The van der Waals surface area contributed by atoms with Gasteiger partial charge >= 0.3 is 0 Å². The quantitative estimate of drug-likeness (QED) is 0.523. The van der Waals surface area contributed by atoms with Crippen molar-refractivity contribution in [1.29, 1.82) is 0 Å². The molecule has 1 aromatic carbocycles. The molecule has 0 fully saturated rings. The van der Waals surface area contributed by atoms with Crippen LogP contribution in [0.4, 0.5) is 0 Å². The lowest BCUT2D eigenvalue weighted by Gasteiger charge is -2.10. The summed E-state index contributed by atoms with van der Waals surface area (Å²) in [6.07, 6.45) is 5.02. The zero-order chi connectivity index (χ0) is 9.26. The van der Waals surface area contributed by atoms with Gasteiger partial charge in [-0.3, -0.25) is 0 Å². The molecule has 13 heavy (non-hydrogen) atoms. The molecule has 0 aromatic heterocycles. The van der Waals surface area contributed by atoms with E-state index in [-0.39, 0.29) is 0 Å². The van der Waals surface area contributed by atoms with Gasteiger partial charge in [0.25, 0.3) is 0 Å². The molecular weight excluding hydrogens is 156 g/mol. The minimum absolute atomic E-state index is 1.18. The van der Waals surface area contributed by atoms with Crippen molar-refractivity contribution in [3.8, 4) is 0 Å². The third-order valence-electron chi connectivity index (χ3n) is 2.89. The highest BCUT2D eigenvalue weighted by Gasteiger charge is 2.11. The van der Waals surface area contributed by atoms with Gasteiger partial charge in [0.05, 0.1) is 0 Å². The van der Waals surface area contributed by atoms with E-state index in [9.17, 15) is 0 Å². The predicted octanol–water partition coefficient (Wildman–Crippen LogP) is 3.73. The number of hydrogen-bond donors (Lipinski definition) is 0. The first-order valence-electron chi connectivity index (χ1n) is 5.05. The lowest BCUT2D eigenvalue weighted by atomic mass is 9.95. The van der Waals surface area contributed by atoms with E-state index in [2.05, 4.69) is 31.7 Å². The summed E-state index contributed by atoms with van der Waals surface area (Å²) in [7, 11) is 0. The maximum atomic E-state index is 4.18. The van der Waals surface area contributed by atoms with Crippen molar-refractivity contribution in [3.63, 3.8) is 0 Å². The third kappa shape index (κ3) is 1.53. The van der Waals surface area contributed by atoms with Crippen LogP contribution in [0.5, 0.6) is 0 Å². The molecule has 0 atom stereocenters. The van der Waals surface area contributed by atoms with Gasteiger partial charge in [-0.25, -0.2) is 0 Å². The van der Waals surface area contributed by atoms with Crippen LogP contribution in [0.25, 0.3) is 5.57 Å². The van der Waals surface area contributed by atoms with Crippen molar-refractivity contribution in [2.45, 2.75) is 32.6 Å². The summed E-state index contributed by atoms with van der Waals surface area (Å²) in [5.41, 5.74) is 5.68. The smallest absolute Gasteiger partial charge is 0.0169 e. The molecule has 1 aromatic rings. The molecule has 68 valence electrons. The maximum absolute atomic E-state index is 4.18. The fourth-order valence-corrected chi connectivity index (χ4v) is 2.22. The van der Waals surface area contributed by atoms with Crippen LogP contribution in [-0.4, -0.2) is 0 Å². The molecule has 2 rings (SSSR count). The van der Waals surface area contributed by atoms with E-state index in [1.807, 2.05) is 0 Å². The molecule has 0 bridgehead atoms. The van der Waals surface area contributed by atoms with Crippen molar-refractivity contribution in [2.24, 2.45) is 0 Å². The normalized spacial score (nSPS) is 16.5. The monoisotopic (exact) mass is 172 g/mol. The van der Waals surface area contributed by atoms with Crippen molar-refractivity contribution >= 4 is 5.57 Å². The molecule has 0 aliphatic heterocycles. The molecule has 0 amide bonds. The Morgan fingerprint density at radius 2 is 1.92 bits per heavy atom. The first-order chi connectivity index (χ1) is 6.29. The first-order valence-corrected chi connectivity index (χ1v) is 5.05. The topological polar surface area (TPSA) is 0 Å². The van der Waals surface area contributed by atoms with E-state index in [0.29, 0.717) is 0 Å². The number of hydrogen-bond acceptors (Lipinski definition) is 0. The summed E-state index contributed by atoms with van der Waals surface area (Å²) >= 11 is 0. The van der Waals surface area contributed by atoms with E-state index in [1.165, 1.54) is 47.9 Å². The summed E-state index contributed by atoms with van der Waals surface area (Å²) in [5, 5.41) is 0. The summed E-state index contributed by atoms with van der Waals surface area (Å²) in [5.74, 6) is 0. The second kappa shape index (κ2) is 3.37. The number of allylic oxidation sites excluding steroid dienone is 1. The number of rotatable bonds is 0. The van der Waals surface area contributed by atoms with Gasteiger partial charge in [0.1, 0.15) is 0 Å². The van der Waals surface area contributed by atoms with E-state index in [0.717, 1.165) is 0 Å². The van der Waals surface area contributed by atoms with E-state index in [4.69, 9.17) is 0 Å². The van der Waals surface area contributed by atoms with Crippen molar-refractivity contribution < 1.29 is 0 Å². The Bertz CT molecular complexity index is 334. The van der Waals surface area contributed by atoms with Crippen LogP contribution in [-0.2, 0) is 6.42 Å². The zero-order valence-electron chi connectivity index (χ0n) is 8.27. The maximum Gasteiger partial charge on any atom is -0.0169 e. The Morgan fingerprint density at radius 1 is 1.15 bits per heavy atom. The Morgan fingerprint density at radius 3 is 2.77 bits per heavy atom. The summed E-state index contributed by atoms with van der Waals surface area (Å²) in [6.45, 7) is 6.37. The Labute approximate surface area is 80.3 Å². The lowest BCUT2D eigenvalue weighted by molar-refractivity contribution is 0.771. The lowest BCUT2D eigenvalue weighted by Crippen LogP contribution is -1.92. The van der Waals surface area contributed by atoms with E-state index >= 15 is 0 Å². The molecule has 0 N–H and O–H groups in total. The highest BCUT2D eigenvalue weighted by atomic mass is 14.2. The standard InChI is InChI=1S/C13H16/c1-10-6-3-4-8-12-9-5-7-11(2)13(10)12/h5,7,9H,1,3-4,6,8H2,2H3. The van der Waals surface area contributed by atoms with Gasteiger partial charge in [0.15, 0.2) is 0 Å². The molecule has 0 heterocycles. The molecule has 0 radical (unpaired) electrons. The molecule has 0 unspecified atom stereocenters. The zero-order valence-corrected chi connectivity index (χ0v) is 8.27. The summed E-state index contributed by atoms with van der Waals surface area (Å²) in [4.78, 5) is 0. The Hall–Kier alpha value is -1.04. The second-order valence-corrected chi connectivity index (χ2v) is 3.92. The predicted molar refractivity (Wildman–Crippen MR) is 57.8 cm³/mol. The molecule has 0 saturated carbocycles. The summed E-state index contributed by atoms with van der Waals surface area (Å²) < 4.78 is 0. The van der Waals surface area contributed by atoms with Gasteiger partial charge in [-0.05, 0) is 54.9 Å². The molecule has 1 aliphatic carbocycles. The fourth-order valence-electron chi connectivity index (χ4n) is 2.22. The molecular formula is C13H16. The van der Waals surface area contributed by atoms with Crippen LogP contribution < -0.4 is 0 Å². The molecule has 1 aliphatic rings. The van der Waals surface area contributed by atoms with Crippen LogP contribution in [0.1, 0.15) is 36.0 Å². The SMILES string of the molecule is C=C1CCCCc2cccc(C)c21. The fraction of sp³-hybridized carbons (Fsp3) is 0.385. The number of fused-ring (bicyclic) bond motifs is 1. The van der Waals surface area contributed by atoms with E-state index in [1.54, 1.807) is 0 Å². The number of benzene rings is 1. The van der Waals surface area contributed by atoms with Crippen molar-refractivity contribution in [3.05, 3.63) is 41.5 Å². The van der Waals surface area contributed by atoms with Gasteiger partial charge in [-0.15, -0.1) is 0 Å². The second-order valence-electron chi connectivity index (χ2n) is 3.92. The Kier molecular flexibility index (Phi) is 2.22. The van der Waals surface area contributed by atoms with Crippen LogP contribution in [0.3, 0.4) is 0 Å². The van der Waals surface area contributed by atoms with Crippen molar-refractivity contribution in [1.82, 2.24) is 0 Å². The van der Waals surface area contributed by atoms with Gasteiger partial charge in [-0.2, -0.15) is 0 Å².